The number of carbonyl (C=O) groups excluding carboxylic acids is 1. The number of alkyl halides is 1. The van der Waals surface area contributed by atoms with Crippen molar-refractivity contribution in [3.8, 4) is 6.07 Å². The molecule has 0 bridgehead atoms. The number of amides is 1. The van der Waals surface area contributed by atoms with Crippen LogP contribution >= 0.6 is 0 Å². The Morgan fingerprint density at radius 3 is 2.26 bits per heavy atom. The van der Waals surface area contributed by atoms with Gasteiger partial charge in [-0.25, -0.2) is 9.37 Å². The molecule has 200 valence electrons. The van der Waals surface area contributed by atoms with Gasteiger partial charge in [0, 0.05) is 62.6 Å². The second kappa shape index (κ2) is 10.6. The third kappa shape index (κ3) is 5.29. The molecule has 0 N–H and O–H groups in total. The molecule has 5 rings (SSSR count). The van der Waals surface area contributed by atoms with E-state index in [4.69, 9.17) is 10.3 Å². The summed E-state index contributed by atoms with van der Waals surface area (Å²) in [5, 5.41) is 9.03. The molecular formula is C32H34FN5O. The Hall–Kier alpha value is -4.05. The van der Waals surface area contributed by atoms with E-state index in [0.29, 0.717) is 29.8 Å². The number of pyridine rings is 1. The van der Waals surface area contributed by atoms with E-state index in [9.17, 15) is 4.79 Å². The number of likely N-dealkylation sites (tertiary alicyclic amines) is 1. The summed E-state index contributed by atoms with van der Waals surface area (Å²) in [4.78, 5) is 27.1. The van der Waals surface area contributed by atoms with E-state index >= 15 is 4.39 Å². The number of rotatable bonds is 5. The van der Waals surface area contributed by atoms with Crippen molar-refractivity contribution in [2.75, 3.05) is 31.1 Å². The third-order valence-electron chi connectivity index (χ3n) is 8.09. The highest BCUT2D eigenvalue weighted by Gasteiger charge is 2.38. The Kier molecular flexibility index (Phi) is 7.22. The van der Waals surface area contributed by atoms with Crippen LogP contribution in [0.2, 0.25) is 0 Å². The molecule has 1 amide bonds. The molecule has 7 heteroatoms. The molecular weight excluding hydrogens is 489 g/mol. The number of piperidine rings is 1. The van der Waals surface area contributed by atoms with Gasteiger partial charge in [0.2, 0.25) is 0 Å². The minimum atomic E-state index is -1.50. The molecule has 0 radical (unpaired) electrons. The summed E-state index contributed by atoms with van der Waals surface area (Å²) in [6, 6.07) is 14.8. The van der Waals surface area contributed by atoms with E-state index in [1.807, 2.05) is 52.1 Å². The number of hydrogen-bond donors (Lipinski definition) is 0. The first-order valence-electron chi connectivity index (χ1n) is 13.6. The zero-order valence-electron chi connectivity index (χ0n) is 23.1. The topological polar surface area (TPSA) is 72.6 Å². The lowest BCUT2D eigenvalue weighted by molar-refractivity contribution is 0.0421. The van der Waals surface area contributed by atoms with Gasteiger partial charge in [-0.15, -0.1) is 0 Å². The average molecular weight is 524 g/mol. The van der Waals surface area contributed by atoms with Crippen LogP contribution in [0.1, 0.15) is 69.9 Å². The largest absolute Gasteiger partial charge is 0.356 e. The second-order valence-electron chi connectivity index (χ2n) is 10.8. The van der Waals surface area contributed by atoms with Crippen LogP contribution in [-0.4, -0.2) is 47.7 Å². The van der Waals surface area contributed by atoms with Crippen molar-refractivity contribution in [2.24, 2.45) is 4.99 Å². The van der Waals surface area contributed by atoms with Crippen LogP contribution in [0.25, 0.3) is 0 Å². The highest BCUT2D eigenvalue weighted by atomic mass is 19.1. The molecule has 0 saturated carbocycles. The molecule has 0 aliphatic carbocycles. The van der Waals surface area contributed by atoms with Gasteiger partial charge in [-0.1, -0.05) is 18.2 Å². The number of carbonyl (C=O) groups is 1. The van der Waals surface area contributed by atoms with Crippen LogP contribution in [0.3, 0.4) is 0 Å². The summed E-state index contributed by atoms with van der Waals surface area (Å²) in [6.07, 6.45) is 3.51. The molecule has 2 aromatic carbocycles. The molecule has 6 nitrogen and oxygen atoms in total. The normalized spacial score (nSPS) is 17.0. The summed E-state index contributed by atoms with van der Waals surface area (Å²) in [5.41, 5.74) is 5.82. The Morgan fingerprint density at radius 2 is 1.64 bits per heavy atom. The molecule has 3 heterocycles. The van der Waals surface area contributed by atoms with Gasteiger partial charge in [0.25, 0.3) is 5.91 Å². The first-order chi connectivity index (χ1) is 18.7. The predicted octanol–water partition coefficient (Wildman–Crippen LogP) is 6.33. The molecule has 2 aliphatic rings. The van der Waals surface area contributed by atoms with Crippen molar-refractivity contribution in [1.29, 1.82) is 5.26 Å². The number of nitriles is 1. The first-order valence-corrected chi connectivity index (χ1v) is 13.6. The fraction of sp³-hybridized carbons (Fsp3) is 0.375. The summed E-state index contributed by atoms with van der Waals surface area (Å²) in [6.45, 7) is 10.7. The number of anilines is 1. The van der Waals surface area contributed by atoms with Gasteiger partial charge in [0.1, 0.15) is 11.5 Å². The first kappa shape index (κ1) is 26.6. The van der Waals surface area contributed by atoms with Crippen molar-refractivity contribution in [2.45, 2.75) is 52.6 Å². The zero-order chi connectivity index (χ0) is 27.7. The van der Waals surface area contributed by atoms with Crippen LogP contribution in [0.4, 0.5) is 15.9 Å². The highest BCUT2D eigenvalue weighted by Crippen LogP contribution is 2.37. The van der Waals surface area contributed by atoms with Crippen LogP contribution in [0, 0.1) is 32.1 Å². The Balaban J connectivity index is 1.36. The van der Waals surface area contributed by atoms with Gasteiger partial charge < -0.3 is 9.80 Å². The van der Waals surface area contributed by atoms with Gasteiger partial charge >= 0.3 is 0 Å². The van der Waals surface area contributed by atoms with E-state index in [1.165, 1.54) is 6.42 Å². The lowest BCUT2D eigenvalue weighted by Gasteiger charge is -2.37. The fourth-order valence-corrected chi connectivity index (χ4v) is 5.42. The maximum atomic E-state index is 15.8. The number of aryl methyl sites for hydroxylation is 3. The summed E-state index contributed by atoms with van der Waals surface area (Å²) < 4.78 is 15.8. The molecule has 0 unspecified atom stereocenters. The number of nitrogens with zero attached hydrogens (tertiary/aromatic N) is 5. The number of aromatic nitrogens is 1. The summed E-state index contributed by atoms with van der Waals surface area (Å²) in [7, 11) is 0. The number of aliphatic imine (C=N–C) groups is 1. The number of hydrogen-bond acceptors (Lipinski definition) is 5. The molecule has 2 saturated heterocycles. The van der Waals surface area contributed by atoms with Gasteiger partial charge in [0.05, 0.1) is 17.3 Å². The molecule has 1 aromatic heterocycles. The maximum Gasteiger partial charge on any atom is 0.254 e. The quantitative estimate of drug-likeness (QED) is 0.366. The average Bonchev–Trinajstić information content (AvgIpc) is 2.89. The van der Waals surface area contributed by atoms with Crippen molar-refractivity contribution in [3.63, 3.8) is 0 Å². The van der Waals surface area contributed by atoms with Crippen LogP contribution in [-0.2, 0) is 5.67 Å². The van der Waals surface area contributed by atoms with E-state index in [1.54, 1.807) is 29.2 Å². The molecule has 39 heavy (non-hydrogen) atoms. The van der Waals surface area contributed by atoms with Crippen molar-refractivity contribution < 1.29 is 9.18 Å². The van der Waals surface area contributed by atoms with Crippen molar-refractivity contribution >= 4 is 23.1 Å². The van der Waals surface area contributed by atoms with Crippen LogP contribution < -0.4 is 4.90 Å². The van der Waals surface area contributed by atoms with E-state index in [-0.39, 0.29) is 18.7 Å². The summed E-state index contributed by atoms with van der Waals surface area (Å²) >= 11 is 0. The van der Waals surface area contributed by atoms with Gasteiger partial charge in [-0.2, -0.15) is 5.26 Å². The second-order valence-corrected chi connectivity index (χ2v) is 10.8. The van der Waals surface area contributed by atoms with Crippen molar-refractivity contribution in [3.05, 3.63) is 87.6 Å². The van der Waals surface area contributed by atoms with Gasteiger partial charge in [-0.05, 0) is 80.1 Å². The summed E-state index contributed by atoms with van der Waals surface area (Å²) in [5.74, 6) is 0.869. The SMILES string of the molecule is CC(=Nc1cc(N2CCC2)ncc1C)c1cc(C(=O)N2CCC(F)(c3ccc(C#N)cc3)CC2)c(C)cc1C. The third-order valence-corrected chi connectivity index (χ3v) is 8.09. The number of halogens is 1. The predicted molar refractivity (Wildman–Crippen MR) is 153 cm³/mol. The Morgan fingerprint density at radius 1 is 0.974 bits per heavy atom. The van der Waals surface area contributed by atoms with E-state index in [2.05, 4.69) is 16.0 Å². The fourth-order valence-electron chi connectivity index (χ4n) is 5.42. The minimum absolute atomic E-state index is 0.0800. The maximum absolute atomic E-state index is 15.8. The number of benzene rings is 2. The lowest BCUT2D eigenvalue weighted by Crippen LogP contribution is -2.43. The van der Waals surface area contributed by atoms with Crippen LogP contribution in [0.5, 0.6) is 0 Å². The van der Waals surface area contributed by atoms with Gasteiger partial charge in [0.15, 0.2) is 0 Å². The molecule has 2 aliphatic heterocycles. The Labute approximate surface area is 229 Å². The van der Waals surface area contributed by atoms with Crippen molar-refractivity contribution in [1.82, 2.24) is 9.88 Å². The minimum Gasteiger partial charge on any atom is -0.356 e. The Bertz CT molecular complexity index is 1480. The highest BCUT2D eigenvalue weighted by molar-refractivity contribution is 6.05. The standard InChI is InChI=1S/C32H34FN5O/c1-21-16-22(2)28(17-27(21)24(4)36-29-18-30(35-20-23(29)3)37-12-5-13-37)31(39)38-14-10-32(33,11-15-38)26-8-6-25(19-34)7-9-26/h6-9,16-18,20H,5,10-15H2,1-4H3. The monoisotopic (exact) mass is 523 g/mol. The zero-order valence-corrected chi connectivity index (χ0v) is 23.1. The lowest BCUT2D eigenvalue weighted by atomic mass is 9.85. The van der Waals surface area contributed by atoms with Crippen LogP contribution in [0.15, 0.2) is 53.7 Å². The molecule has 3 aromatic rings. The van der Waals surface area contributed by atoms with E-state index < -0.39 is 5.67 Å². The van der Waals surface area contributed by atoms with E-state index in [0.717, 1.165) is 52.6 Å². The molecule has 0 atom stereocenters. The molecule has 2 fully saturated rings. The smallest absolute Gasteiger partial charge is 0.254 e. The molecule has 0 spiro atoms. The van der Waals surface area contributed by atoms with Gasteiger partial charge in [-0.3, -0.25) is 9.79 Å².